The van der Waals surface area contributed by atoms with E-state index in [0.29, 0.717) is 17.2 Å². The van der Waals surface area contributed by atoms with Crippen molar-refractivity contribution in [1.29, 1.82) is 0 Å². The van der Waals surface area contributed by atoms with E-state index in [1.54, 1.807) is 30.3 Å². The first-order valence-corrected chi connectivity index (χ1v) is 13.1. The lowest BCUT2D eigenvalue weighted by molar-refractivity contribution is -0.121. The third kappa shape index (κ3) is 4.37. The van der Waals surface area contributed by atoms with Crippen molar-refractivity contribution in [2.45, 2.75) is 32.2 Å². The van der Waals surface area contributed by atoms with E-state index in [-0.39, 0.29) is 5.75 Å². The molecule has 8 heteroatoms. The van der Waals surface area contributed by atoms with E-state index in [0.717, 1.165) is 35.6 Å². The highest BCUT2D eigenvalue weighted by Crippen LogP contribution is 2.32. The van der Waals surface area contributed by atoms with Crippen LogP contribution in [0.1, 0.15) is 35.0 Å². The Morgan fingerprint density at radius 2 is 1.94 bits per heavy atom. The van der Waals surface area contributed by atoms with Gasteiger partial charge in [-0.1, -0.05) is 25.1 Å². The van der Waals surface area contributed by atoms with Crippen LogP contribution in [0.4, 0.5) is 5.69 Å². The molecule has 1 N–H and O–H groups in total. The Morgan fingerprint density at radius 3 is 2.68 bits per heavy atom. The standard InChI is InChI=1S/C26H26N2O5S/c1-17-7-9-23-21(13-17)22-14-18(8-10-24(22)27-23)26(30)33-15-25(29)28(19-5-3-2-4-6-19)20-11-12-34(31,32)16-20/h2-6,8,10-12,14,17,20,27H,7,9,13,15-16H2,1H3. The van der Waals surface area contributed by atoms with Gasteiger partial charge in [0.25, 0.3) is 5.91 Å². The number of hydrogen-bond donors (Lipinski definition) is 1. The number of nitrogens with zero attached hydrogens (tertiary/aromatic N) is 1. The lowest BCUT2D eigenvalue weighted by Gasteiger charge is -2.27. The van der Waals surface area contributed by atoms with E-state index >= 15 is 0 Å². The summed E-state index contributed by atoms with van der Waals surface area (Å²) >= 11 is 0. The fourth-order valence-electron chi connectivity index (χ4n) is 4.83. The highest BCUT2D eigenvalue weighted by atomic mass is 32.2. The monoisotopic (exact) mass is 478 g/mol. The largest absolute Gasteiger partial charge is 0.452 e. The number of esters is 1. The molecule has 34 heavy (non-hydrogen) atoms. The molecule has 2 heterocycles. The van der Waals surface area contributed by atoms with Crippen LogP contribution >= 0.6 is 0 Å². The van der Waals surface area contributed by atoms with Crippen LogP contribution < -0.4 is 4.90 Å². The number of benzene rings is 2. The quantitative estimate of drug-likeness (QED) is 0.563. The summed E-state index contributed by atoms with van der Waals surface area (Å²) in [7, 11) is -3.37. The zero-order valence-corrected chi connectivity index (χ0v) is 19.7. The number of H-pyrrole nitrogens is 1. The third-order valence-corrected chi connectivity index (χ3v) is 7.92. The summed E-state index contributed by atoms with van der Waals surface area (Å²) in [6.07, 6.45) is 4.61. The van der Waals surface area contributed by atoms with Crippen molar-refractivity contribution in [1.82, 2.24) is 4.98 Å². The molecule has 7 nitrogen and oxygen atoms in total. The number of aromatic nitrogens is 1. The first-order chi connectivity index (χ1) is 16.3. The molecule has 1 aliphatic carbocycles. The smallest absolute Gasteiger partial charge is 0.338 e. The first-order valence-electron chi connectivity index (χ1n) is 11.4. The zero-order valence-electron chi connectivity index (χ0n) is 18.9. The summed E-state index contributed by atoms with van der Waals surface area (Å²) in [6.45, 7) is 1.74. The Labute approximate surface area is 198 Å². The van der Waals surface area contributed by atoms with Crippen molar-refractivity contribution >= 4 is 38.3 Å². The highest BCUT2D eigenvalue weighted by Gasteiger charge is 2.32. The number of carbonyl (C=O) groups excluding carboxylic acids is 2. The summed E-state index contributed by atoms with van der Waals surface area (Å²) in [4.78, 5) is 30.7. The number of ether oxygens (including phenoxy) is 1. The number of carbonyl (C=O) groups is 2. The van der Waals surface area contributed by atoms with Gasteiger partial charge in [-0.3, -0.25) is 4.79 Å². The van der Waals surface area contributed by atoms with Crippen LogP contribution in [-0.4, -0.2) is 43.7 Å². The van der Waals surface area contributed by atoms with Gasteiger partial charge >= 0.3 is 5.97 Å². The highest BCUT2D eigenvalue weighted by molar-refractivity contribution is 7.94. The second kappa shape index (κ2) is 8.76. The first kappa shape index (κ1) is 22.4. The Bertz CT molecular complexity index is 1390. The number of nitrogens with one attached hydrogen (secondary N) is 1. The maximum atomic E-state index is 13.1. The fourth-order valence-corrected chi connectivity index (χ4v) is 6.10. The predicted octanol–water partition coefficient (Wildman–Crippen LogP) is 3.79. The third-order valence-electron chi connectivity index (χ3n) is 6.54. The summed E-state index contributed by atoms with van der Waals surface area (Å²) in [6, 6.07) is 13.5. The maximum Gasteiger partial charge on any atom is 0.338 e. The van der Waals surface area contributed by atoms with Crippen molar-refractivity contribution in [3.63, 3.8) is 0 Å². The summed E-state index contributed by atoms with van der Waals surface area (Å²) < 4.78 is 29.3. The van der Waals surface area contributed by atoms with Crippen molar-refractivity contribution in [3.8, 4) is 0 Å². The van der Waals surface area contributed by atoms with Crippen molar-refractivity contribution in [3.05, 3.63) is 76.8 Å². The van der Waals surface area contributed by atoms with Crippen molar-refractivity contribution in [2.75, 3.05) is 17.3 Å². The van der Waals surface area contributed by atoms with Crippen LogP contribution in [0.25, 0.3) is 10.9 Å². The van der Waals surface area contributed by atoms with Crippen LogP contribution in [0.3, 0.4) is 0 Å². The molecule has 0 fully saturated rings. The van der Waals surface area contributed by atoms with Crippen molar-refractivity contribution in [2.24, 2.45) is 5.92 Å². The lowest BCUT2D eigenvalue weighted by atomic mass is 9.87. The van der Waals surface area contributed by atoms with Crippen LogP contribution in [-0.2, 0) is 32.2 Å². The molecule has 2 aliphatic rings. The number of aromatic amines is 1. The van der Waals surface area contributed by atoms with Gasteiger partial charge in [0, 0.05) is 27.7 Å². The Balaban J connectivity index is 1.34. The Morgan fingerprint density at radius 1 is 1.15 bits per heavy atom. The maximum absolute atomic E-state index is 13.1. The SMILES string of the molecule is CC1CCc2[nH]c3ccc(C(=O)OCC(=O)N(c4ccccc4)C4C=CS(=O)(=O)C4)cc3c2C1. The van der Waals surface area contributed by atoms with Crippen LogP contribution in [0, 0.1) is 5.92 Å². The molecule has 2 aromatic carbocycles. The van der Waals surface area contributed by atoms with E-state index in [1.165, 1.54) is 22.2 Å². The molecular formula is C26H26N2O5S. The van der Waals surface area contributed by atoms with E-state index in [1.807, 2.05) is 18.2 Å². The fraction of sp³-hybridized carbons (Fsp3) is 0.308. The number of hydrogen-bond acceptors (Lipinski definition) is 5. The molecule has 0 spiro atoms. The number of amides is 1. The molecule has 1 amide bonds. The number of aryl methyl sites for hydroxylation is 1. The summed E-state index contributed by atoms with van der Waals surface area (Å²) in [5.74, 6) is -0.677. The van der Waals surface area contributed by atoms with Gasteiger partial charge in [0.2, 0.25) is 0 Å². The van der Waals surface area contributed by atoms with Crippen LogP contribution in [0.5, 0.6) is 0 Å². The normalized spacial score (nSPS) is 20.7. The second-order valence-electron chi connectivity index (χ2n) is 9.09. The molecule has 0 bridgehead atoms. The van der Waals surface area contributed by atoms with Crippen molar-refractivity contribution < 1.29 is 22.7 Å². The minimum atomic E-state index is -3.37. The van der Waals surface area contributed by atoms with Gasteiger partial charge in [-0.15, -0.1) is 0 Å². The van der Waals surface area contributed by atoms with Gasteiger partial charge < -0.3 is 14.6 Å². The van der Waals surface area contributed by atoms with Gasteiger partial charge in [-0.05, 0) is 67.2 Å². The van der Waals surface area contributed by atoms with Gasteiger partial charge in [0.1, 0.15) is 0 Å². The van der Waals surface area contributed by atoms with Gasteiger partial charge in [0.15, 0.2) is 16.4 Å². The van der Waals surface area contributed by atoms with Gasteiger partial charge in [0.05, 0.1) is 17.4 Å². The topological polar surface area (TPSA) is 96.5 Å². The molecule has 3 aromatic rings. The number of para-hydroxylation sites is 1. The lowest BCUT2D eigenvalue weighted by Crippen LogP contribution is -2.43. The molecule has 0 radical (unpaired) electrons. The summed E-state index contributed by atoms with van der Waals surface area (Å²) in [5, 5.41) is 2.15. The zero-order chi connectivity index (χ0) is 23.9. The molecular weight excluding hydrogens is 452 g/mol. The second-order valence-corrected chi connectivity index (χ2v) is 11.0. The van der Waals surface area contributed by atoms with Crippen LogP contribution in [0.2, 0.25) is 0 Å². The van der Waals surface area contributed by atoms with Crippen LogP contribution in [0.15, 0.2) is 60.0 Å². The van der Waals surface area contributed by atoms with Gasteiger partial charge in [-0.25, -0.2) is 13.2 Å². The molecule has 2 unspecified atom stereocenters. The molecule has 1 aromatic heterocycles. The average molecular weight is 479 g/mol. The van der Waals surface area contributed by atoms with E-state index in [2.05, 4.69) is 11.9 Å². The average Bonchev–Trinajstić information content (AvgIpc) is 3.37. The summed E-state index contributed by atoms with van der Waals surface area (Å²) in [5.41, 5.74) is 4.41. The van der Waals surface area contributed by atoms with Gasteiger partial charge in [-0.2, -0.15) is 0 Å². The van der Waals surface area contributed by atoms with E-state index in [4.69, 9.17) is 4.74 Å². The molecule has 5 rings (SSSR count). The number of fused-ring (bicyclic) bond motifs is 3. The molecule has 1 aliphatic heterocycles. The molecule has 176 valence electrons. The number of rotatable bonds is 5. The minimum absolute atomic E-state index is 0.199. The number of sulfone groups is 1. The number of anilines is 1. The molecule has 2 atom stereocenters. The predicted molar refractivity (Wildman–Crippen MR) is 130 cm³/mol. The van der Waals surface area contributed by atoms with E-state index < -0.39 is 34.4 Å². The minimum Gasteiger partial charge on any atom is -0.452 e. The molecule has 0 saturated carbocycles. The Kier molecular flexibility index (Phi) is 5.77. The van der Waals surface area contributed by atoms with E-state index in [9.17, 15) is 18.0 Å². The Hall–Kier alpha value is -3.39. The molecule has 0 saturated heterocycles.